The molecule has 0 bridgehead atoms. The Hall–Kier alpha value is -1.29. The Morgan fingerprint density at radius 1 is 1.71 bits per heavy atom. The van der Waals surface area contributed by atoms with Crippen molar-refractivity contribution in [3.63, 3.8) is 0 Å². The van der Waals surface area contributed by atoms with Gasteiger partial charge in [-0.3, -0.25) is 0 Å². The molecule has 4 heteroatoms. The second-order valence-electron chi connectivity index (χ2n) is 2.96. The molecule has 14 heavy (non-hydrogen) atoms. The Morgan fingerprint density at radius 2 is 2.57 bits per heavy atom. The highest BCUT2D eigenvalue weighted by Crippen LogP contribution is 2.04. The number of imidazole rings is 1. The maximum Gasteiger partial charge on any atom is 0.203 e. The maximum absolute atomic E-state index is 4.99. The van der Waals surface area contributed by atoms with E-state index in [2.05, 4.69) is 21.4 Å². The molecule has 0 saturated carbocycles. The summed E-state index contributed by atoms with van der Waals surface area (Å²) in [5, 5.41) is 3.16. The van der Waals surface area contributed by atoms with E-state index in [0.29, 0.717) is 0 Å². The van der Waals surface area contributed by atoms with Crippen molar-refractivity contribution in [2.75, 3.05) is 25.6 Å². The van der Waals surface area contributed by atoms with E-state index < -0.39 is 0 Å². The molecule has 0 aliphatic heterocycles. The van der Waals surface area contributed by atoms with Crippen LogP contribution in [-0.2, 0) is 11.3 Å². The van der Waals surface area contributed by atoms with Crippen molar-refractivity contribution >= 4 is 5.95 Å². The third kappa shape index (κ3) is 3.22. The third-order valence-corrected chi connectivity index (χ3v) is 1.87. The van der Waals surface area contributed by atoms with Gasteiger partial charge in [-0.25, -0.2) is 4.98 Å². The van der Waals surface area contributed by atoms with Crippen molar-refractivity contribution in [1.29, 1.82) is 0 Å². The minimum absolute atomic E-state index is 0.737. The molecule has 0 aliphatic rings. The first-order valence-electron chi connectivity index (χ1n) is 4.73. The number of aromatic nitrogens is 2. The number of aryl methyl sites for hydroxylation is 1. The molecule has 4 nitrogen and oxygen atoms in total. The summed E-state index contributed by atoms with van der Waals surface area (Å²) in [5.41, 5.74) is 0. The third-order valence-electron chi connectivity index (χ3n) is 1.87. The summed E-state index contributed by atoms with van der Waals surface area (Å²) >= 11 is 0. The van der Waals surface area contributed by atoms with E-state index in [-0.39, 0.29) is 0 Å². The lowest BCUT2D eigenvalue weighted by molar-refractivity contribution is 0.190. The van der Waals surface area contributed by atoms with Gasteiger partial charge < -0.3 is 14.6 Å². The molecule has 78 valence electrons. The molecular formula is C10H17N3O. The summed E-state index contributed by atoms with van der Waals surface area (Å²) in [6.07, 6.45) is 6.56. The number of nitrogens with zero attached hydrogens (tertiary/aromatic N) is 2. The van der Waals surface area contributed by atoms with Crippen molar-refractivity contribution in [1.82, 2.24) is 9.55 Å². The fourth-order valence-electron chi connectivity index (χ4n) is 1.20. The Bertz CT molecular complexity index is 270. The van der Waals surface area contributed by atoms with Crippen molar-refractivity contribution in [3.05, 3.63) is 25.0 Å². The number of methoxy groups -OCH3 is 1. The zero-order valence-corrected chi connectivity index (χ0v) is 8.57. The lowest BCUT2D eigenvalue weighted by atomic mass is 10.4. The first kappa shape index (κ1) is 10.8. The van der Waals surface area contributed by atoms with Crippen LogP contribution in [-0.4, -0.2) is 29.8 Å². The molecule has 0 atom stereocenters. The summed E-state index contributed by atoms with van der Waals surface area (Å²) in [6, 6.07) is 0. The molecular weight excluding hydrogens is 178 g/mol. The van der Waals surface area contributed by atoms with E-state index in [9.17, 15) is 0 Å². The molecule has 0 radical (unpaired) electrons. The zero-order chi connectivity index (χ0) is 10.2. The van der Waals surface area contributed by atoms with Crippen molar-refractivity contribution in [2.24, 2.45) is 0 Å². The SMILES string of the molecule is C=CCNc1nccn1CCCOC. The predicted octanol–water partition coefficient (Wildman–Crippen LogP) is 1.52. The van der Waals surface area contributed by atoms with Gasteiger partial charge in [-0.15, -0.1) is 6.58 Å². The first-order valence-corrected chi connectivity index (χ1v) is 4.73. The number of hydrogen-bond acceptors (Lipinski definition) is 3. The van der Waals surface area contributed by atoms with Gasteiger partial charge in [0.05, 0.1) is 0 Å². The molecule has 0 spiro atoms. The first-order chi connectivity index (χ1) is 6.88. The molecule has 1 heterocycles. The van der Waals surface area contributed by atoms with Gasteiger partial charge in [0.25, 0.3) is 0 Å². The van der Waals surface area contributed by atoms with Crippen molar-refractivity contribution in [3.8, 4) is 0 Å². The van der Waals surface area contributed by atoms with Crippen LogP contribution in [0, 0.1) is 0 Å². The van der Waals surface area contributed by atoms with Gasteiger partial charge >= 0.3 is 0 Å². The second-order valence-corrected chi connectivity index (χ2v) is 2.96. The highest BCUT2D eigenvalue weighted by molar-refractivity contribution is 5.26. The molecule has 1 aromatic rings. The van der Waals surface area contributed by atoms with Crippen LogP contribution < -0.4 is 5.32 Å². The van der Waals surface area contributed by atoms with Crippen molar-refractivity contribution in [2.45, 2.75) is 13.0 Å². The highest BCUT2D eigenvalue weighted by Gasteiger charge is 1.99. The van der Waals surface area contributed by atoms with E-state index in [1.807, 2.05) is 12.3 Å². The van der Waals surface area contributed by atoms with Gasteiger partial charge in [-0.2, -0.15) is 0 Å². The second kappa shape index (κ2) is 6.21. The summed E-state index contributed by atoms with van der Waals surface area (Å²) in [4.78, 5) is 4.20. The topological polar surface area (TPSA) is 39.1 Å². The number of nitrogens with one attached hydrogen (secondary N) is 1. The lowest BCUT2D eigenvalue weighted by Gasteiger charge is -2.07. The standard InChI is InChI=1S/C10H17N3O/c1-3-5-11-10-12-6-8-13(10)7-4-9-14-2/h3,6,8H,1,4-5,7,9H2,2H3,(H,11,12). The molecule has 0 aromatic carbocycles. The van der Waals surface area contributed by atoms with E-state index in [0.717, 1.165) is 32.1 Å². The Kier molecular flexibility index (Phi) is 4.78. The molecule has 1 aromatic heterocycles. The van der Waals surface area contributed by atoms with Crippen LogP contribution >= 0.6 is 0 Å². The normalized spacial score (nSPS) is 10.1. The molecule has 1 N–H and O–H groups in total. The Balaban J connectivity index is 2.40. The summed E-state index contributed by atoms with van der Waals surface area (Å²) in [5.74, 6) is 0.890. The molecule has 0 aliphatic carbocycles. The molecule has 1 rings (SSSR count). The number of anilines is 1. The Labute approximate surface area is 84.6 Å². The molecule has 0 unspecified atom stereocenters. The van der Waals surface area contributed by atoms with Gasteiger partial charge in [0.1, 0.15) is 0 Å². The molecule has 0 amide bonds. The summed E-state index contributed by atoms with van der Waals surface area (Å²) in [6.45, 7) is 6.08. The van der Waals surface area contributed by atoms with Crippen LogP contribution in [0.15, 0.2) is 25.0 Å². The van der Waals surface area contributed by atoms with E-state index in [1.165, 1.54) is 0 Å². The van der Waals surface area contributed by atoms with E-state index in [1.54, 1.807) is 13.3 Å². The Morgan fingerprint density at radius 3 is 3.29 bits per heavy atom. The van der Waals surface area contributed by atoms with Crippen LogP contribution in [0.3, 0.4) is 0 Å². The minimum Gasteiger partial charge on any atom is -0.385 e. The van der Waals surface area contributed by atoms with Gasteiger partial charge in [-0.05, 0) is 6.42 Å². The van der Waals surface area contributed by atoms with Gasteiger partial charge in [0.2, 0.25) is 5.95 Å². The number of rotatable bonds is 7. The largest absolute Gasteiger partial charge is 0.385 e. The number of ether oxygens (including phenoxy) is 1. The summed E-state index contributed by atoms with van der Waals surface area (Å²) < 4.78 is 7.06. The highest BCUT2D eigenvalue weighted by atomic mass is 16.5. The minimum atomic E-state index is 0.737. The number of hydrogen-bond donors (Lipinski definition) is 1. The fourth-order valence-corrected chi connectivity index (χ4v) is 1.20. The quantitative estimate of drug-likeness (QED) is 0.529. The van der Waals surface area contributed by atoms with Crippen LogP contribution in [0.1, 0.15) is 6.42 Å². The maximum atomic E-state index is 4.99. The summed E-state index contributed by atoms with van der Waals surface area (Å²) in [7, 11) is 1.71. The monoisotopic (exact) mass is 195 g/mol. The fraction of sp³-hybridized carbons (Fsp3) is 0.500. The van der Waals surface area contributed by atoms with Gasteiger partial charge in [0.15, 0.2) is 0 Å². The zero-order valence-electron chi connectivity index (χ0n) is 8.57. The smallest absolute Gasteiger partial charge is 0.203 e. The van der Waals surface area contributed by atoms with E-state index >= 15 is 0 Å². The van der Waals surface area contributed by atoms with Crippen LogP contribution in [0.4, 0.5) is 5.95 Å². The van der Waals surface area contributed by atoms with Crippen LogP contribution in [0.5, 0.6) is 0 Å². The predicted molar refractivity (Wildman–Crippen MR) is 57.4 cm³/mol. The average molecular weight is 195 g/mol. The average Bonchev–Trinajstić information content (AvgIpc) is 2.63. The van der Waals surface area contributed by atoms with Crippen LogP contribution in [0.25, 0.3) is 0 Å². The van der Waals surface area contributed by atoms with Gasteiger partial charge in [0, 0.05) is 39.2 Å². The van der Waals surface area contributed by atoms with Gasteiger partial charge in [-0.1, -0.05) is 6.08 Å². The van der Waals surface area contributed by atoms with E-state index in [4.69, 9.17) is 4.74 Å². The van der Waals surface area contributed by atoms with Crippen molar-refractivity contribution < 1.29 is 4.74 Å². The molecule has 0 fully saturated rings. The molecule has 0 saturated heterocycles. The lowest BCUT2D eigenvalue weighted by Crippen LogP contribution is -2.08. The van der Waals surface area contributed by atoms with Crippen LogP contribution in [0.2, 0.25) is 0 Å².